The fraction of sp³-hybridized carbons (Fsp3) is 0.160. The number of rotatable bonds is 6. The molecule has 276 valence electrons. The van der Waals surface area contributed by atoms with Crippen LogP contribution < -0.4 is 4.90 Å². The molecule has 55 heavy (non-hydrogen) atoms. The van der Waals surface area contributed by atoms with Gasteiger partial charge in [0.2, 0.25) is 0 Å². The van der Waals surface area contributed by atoms with Crippen molar-refractivity contribution in [1.82, 2.24) is 9.97 Å². The first kappa shape index (κ1) is 37.7. The molecule has 0 amide bonds. The second kappa shape index (κ2) is 14.9. The minimum absolute atomic E-state index is 0. The van der Waals surface area contributed by atoms with Crippen molar-refractivity contribution in [3.8, 4) is 39.4 Å². The normalized spacial score (nSPS) is 11.7. The van der Waals surface area contributed by atoms with Gasteiger partial charge < -0.3 is 10.0 Å². The molecular weight excluding hydrogens is 854 g/mol. The summed E-state index contributed by atoms with van der Waals surface area (Å²) in [6, 6.07) is 54.1. The van der Waals surface area contributed by atoms with Crippen molar-refractivity contribution in [1.29, 1.82) is 0 Å². The zero-order valence-corrected chi connectivity index (χ0v) is 34.3. The fourth-order valence-corrected chi connectivity index (χ4v) is 7.15. The van der Waals surface area contributed by atoms with Crippen molar-refractivity contribution in [3.05, 3.63) is 169 Å². The van der Waals surface area contributed by atoms with Gasteiger partial charge in [0.1, 0.15) is 11.6 Å². The number of benzene rings is 6. The summed E-state index contributed by atoms with van der Waals surface area (Å²) in [7, 11) is 0. The SMILES string of the molecule is CC(C)(C)c1cc(-c2cc(-c3ccccc3)cc(-c3[c-]c(N(c4cc5ccccc5cn4)c4cccc5ccccc45)ccc3)n2)c(O)c(C(C)(C)C)c1.[Pt]. The Hall–Kier alpha value is -5.57. The second-order valence-corrected chi connectivity index (χ2v) is 16.1. The third kappa shape index (κ3) is 7.57. The summed E-state index contributed by atoms with van der Waals surface area (Å²) >= 11 is 0. The Morgan fingerprint density at radius 3 is 1.98 bits per heavy atom. The first-order valence-corrected chi connectivity index (χ1v) is 18.6. The number of phenolic OH excluding ortho intramolecular Hbond substituents is 1. The molecular formula is C50H44N3OPt-. The zero-order chi connectivity index (χ0) is 37.6. The van der Waals surface area contributed by atoms with E-state index < -0.39 is 0 Å². The minimum Gasteiger partial charge on any atom is -0.507 e. The van der Waals surface area contributed by atoms with Crippen molar-refractivity contribution in [2.75, 3.05) is 4.90 Å². The van der Waals surface area contributed by atoms with Gasteiger partial charge in [-0.2, -0.15) is 0 Å². The molecule has 8 aromatic rings. The molecule has 0 aliphatic rings. The number of hydrogen-bond donors (Lipinski definition) is 1. The summed E-state index contributed by atoms with van der Waals surface area (Å²) in [6.07, 6.45) is 1.94. The van der Waals surface area contributed by atoms with Gasteiger partial charge in [-0.15, -0.1) is 29.8 Å². The average Bonchev–Trinajstić information content (AvgIpc) is 3.17. The Kier molecular flexibility index (Phi) is 10.2. The van der Waals surface area contributed by atoms with Crippen LogP contribution in [0.4, 0.5) is 17.2 Å². The first-order chi connectivity index (χ1) is 25.9. The third-order valence-electron chi connectivity index (χ3n) is 10.1. The molecule has 2 aromatic heterocycles. The number of fused-ring (bicyclic) bond motifs is 2. The van der Waals surface area contributed by atoms with Crippen LogP contribution in [0.25, 0.3) is 55.2 Å². The average molecular weight is 898 g/mol. The van der Waals surface area contributed by atoms with Crippen LogP contribution in [-0.4, -0.2) is 15.1 Å². The molecule has 0 fully saturated rings. The van der Waals surface area contributed by atoms with Crippen LogP contribution in [-0.2, 0) is 31.9 Å². The predicted molar refractivity (Wildman–Crippen MR) is 226 cm³/mol. The van der Waals surface area contributed by atoms with Crippen molar-refractivity contribution in [2.45, 2.75) is 52.4 Å². The predicted octanol–water partition coefficient (Wildman–Crippen LogP) is 13.4. The van der Waals surface area contributed by atoms with Crippen LogP contribution in [0.15, 0.2) is 152 Å². The molecule has 0 radical (unpaired) electrons. The molecule has 0 atom stereocenters. The third-order valence-corrected chi connectivity index (χ3v) is 10.1. The summed E-state index contributed by atoms with van der Waals surface area (Å²) in [5.41, 5.74) is 8.60. The molecule has 0 aliphatic carbocycles. The van der Waals surface area contributed by atoms with Crippen molar-refractivity contribution in [2.24, 2.45) is 0 Å². The molecule has 0 bridgehead atoms. The van der Waals surface area contributed by atoms with Gasteiger partial charge in [-0.25, -0.2) is 4.98 Å². The molecule has 5 heteroatoms. The molecule has 0 saturated carbocycles. The maximum atomic E-state index is 12.0. The molecule has 0 aliphatic heterocycles. The fourth-order valence-electron chi connectivity index (χ4n) is 7.15. The molecule has 4 nitrogen and oxygen atoms in total. The van der Waals surface area contributed by atoms with Crippen LogP contribution in [0.3, 0.4) is 0 Å². The Morgan fingerprint density at radius 1 is 0.582 bits per heavy atom. The van der Waals surface area contributed by atoms with E-state index in [9.17, 15) is 5.11 Å². The van der Waals surface area contributed by atoms with Gasteiger partial charge in [-0.1, -0.05) is 145 Å². The standard InChI is InChI=1S/C50H44N3O.Pt/c1-49(2,3)39-30-42(48(54)43(31-39)50(4,5)6)45-28-38(33-16-8-7-9-17-33)27-44(52-45)36-22-14-23-40(26-36)53(46-25-15-21-34-18-12-13-24-41(34)46)47-29-35-19-10-11-20-37(35)32-51-47;/h7-25,27-32,54H,1-6H3;/q-1;. The van der Waals surface area contributed by atoms with Crippen LogP contribution in [0.1, 0.15) is 52.7 Å². The quantitative estimate of drug-likeness (QED) is 0.169. The van der Waals surface area contributed by atoms with Gasteiger partial charge in [0, 0.05) is 49.2 Å². The first-order valence-electron chi connectivity index (χ1n) is 18.6. The molecule has 0 unspecified atom stereocenters. The molecule has 0 spiro atoms. The zero-order valence-electron chi connectivity index (χ0n) is 32.0. The number of pyridine rings is 2. The topological polar surface area (TPSA) is 49.2 Å². The van der Waals surface area contributed by atoms with E-state index >= 15 is 0 Å². The summed E-state index contributed by atoms with van der Waals surface area (Å²) in [6.45, 7) is 13.1. The van der Waals surface area contributed by atoms with E-state index in [-0.39, 0.29) is 37.6 Å². The molecule has 8 rings (SSSR count). The Bertz CT molecular complexity index is 2650. The second-order valence-electron chi connectivity index (χ2n) is 16.1. The van der Waals surface area contributed by atoms with Crippen LogP contribution in [0.2, 0.25) is 0 Å². The van der Waals surface area contributed by atoms with Crippen molar-refractivity contribution < 1.29 is 26.2 Å². The smallest absolute Gasteiger partial charge is 0.136 e. The maximum Gasteiger partial charge on any atom is 0.136 e. The van der Waals surface area contributed by atoms with Gasteiger partial charge in [0.25, 0.3) is 0 Å². The van der Waals surface area contributed by atoms with E-state index in [4.69, 9.17) is 9.97 Å². The van der Waals surface area contributed by atoms with Crippen LogP contribution in [0.5, 0.6) is 5.75 Å². The Labute approximate surface area is 338 Å². The van der Waals surface area contributed by atoms with E-state index in [0.717, 1.165) is 77.8 Å². The number of nitrogens with zero attached hydrogens (tertiary/aromatic N) is 3. The summed E-state index contributed by atoms with van der Waals surface area (Å²) in [4.78, 5) is 12.5. The molecule has 1 N–H and O–H groups in total. The van der Waals surface area contributed by atoms with Gasteiger partial charge in [-0.05, 0) is 73.9 Å². The molecule has 0 saturated heterocycles. The van der Waals surface area contributed by atoms with E-state index in [2.05, 4.69) is 186 Å². The number of aromatic hydroxyl groups is 1. The van der Waals surface area contributed by atoms with Gasteiger partial charge in [0.05, 0.1) is 11.4 Å². The van der Waals surface area contributed by atoms with Gasteiger partial charge >= 0.3 is 0 Å². The molecule has 6 aromatic carbocycles. The van der Waals surface area contributed by atoms with Crippen LogP contribution in [0, 0.1) is 6.07 Å². The van der Waals surface area contributed by atoms with E-state index in [0.29, 0.717) is 5.69 Å². The van der Waals surface area contributed by atoms with Crippen molar-refractivity contribution in [3.63, 3.8) is 0 Å². The minimum atomic E-state index is -0.274. The largest absolute Gasteiger partial charge is 0.507 e. The Balaban J connectivity index is 0.00000465. The monoisotopic (exact) mass is 897 g/mol. The van der Waals surface area contributed by atoms with Gasteiger partial charge in [-0.3, -0.25) is 4.98 Å². The van der Waals surface area contributed by atoms with E-state index in [1.807, 2.05) is 18.3 Å². The van der Waals surface area contributed by atoms with Crippen molar-refractivity contribution >= 4 is 38.7 Å². The number of aromatic nitrogens is 2. The van der Waals surface area contributed by atoms with Crippen LogP contribution >= 0.6 is 0 Å². The number of phenols is 1. The number of anilines is 3. The maximum absolute atomic E-state index is 12.0. The summed E-state index contributed by atoms with van der Waals surface area (Å²) in [5, 5.41) is 16.4. The molecule has 2 heterocycles. The Morgan fingerprint density at radius 2 is 1.24 bits per heavy atom. The summed E-state index contributed by atoms with van der Waals surface area (Å²) < 4.78 is 0. The summed E-state index contributed by atoms with van der Waals surface area (Å²) in [5.74, 6) is 1.06. The van der Waals surface area contributed by atoms with E-state index in [1.165, 1.54) is 0 Å². The number of hydrogen-bond acceptors (Lipinski definition) is 4. The van der Waals surface area contributed by atoms with E-state index in [1.54, 1.807) is 0 Å². The van der Waals surface area contributed by atoms with Gasteiger partial charge in [0.15, 0.2) is 0 Å².